The van der Waals surface area contributed by atoms with Crippen molar-refractivity contribution in [3.63, 3.8) is 0 Å². The fourth-order valence-corrected chi connectivity index (χ4v) is 3.90. The highest BCUT2D eigenvalue weighted by atomic mass is 35.5. The van der Waals surface area contributed by atoms with Gasteiger partial charge in [-0.25, -0.2) is 4.98 Å². The van der Waals surface area contributed by atoms with Crippen molar-refractivity contribution in [3.05, 3.63) is 80.3 Å². The van der Waals surface area contributed by atoms with E-state index in [4.69, 9.17) is 16.3 Å². The second-order valence-corrected chi connectivity index (χ2v) is 7.07. The first-order chi connectivity index (χ1) is 12.1. The molecule has 3 aromatic rings. The summed E-state index contributed by atoms with van der Waals surface area (Å²) in [5.74, 6) is -0.650. The van der Waals surface area contributed by atoms with Crippen LogP contribution in [0.2, 0.25) is 5.02 Å². The number of fused-ring (bicyclic) bond motifs is 1. The number of hydrogen-bond donors (Lipinski definition) is 0. The van der Waals surface area contributed by atoms with Crippen LogP contribution in [-0.4, -0.2) is 11.0 Å². The first-order valence-electron chi connectivity index (χ1n) is 7.68. The normalized spacial score (nSPS) is 16.2. The Morgan fingerprint density at radius 3 is 2.48 bits per heavy atom. The highest BCUT2D eigenvalue weighted by Gasteiger charge is 2.33. The molecule has 0 N–H and O–H groups in total. The zero-order valence-corrected chi connectivity index (χ0v) is 14.5. The van der Waals surface area contributed by atoms with Crippen molar-refractivity contribution >= 4 is 28.9 Å². The fourth-order valence-electron chi connectivity index (χ4n) is 2.88. The van der Waals surface area contributed by atoms with E-state index in [9.17, 15) is 9.59 Å². The first-order valence-corrected chi connectivity index (χ1v) is 8.88. The average Bonchev–Trinajstić information content (AvgIpc) is 2.62. The van der Waals surface area contributed by atoms with Gasteiger partial charge in [-0.3, -0.25) is 9.59 Å². The van der Waals surface area contributed by atoms with Crippen LogP contribution >= 0.6 is 22.9 Å². The Morgan fingerprint density at radius 1 is 1.04 bits per heavy atom. The maximum absolute atomic E-state index is 12.8. The van der Waals surface area contributed by atoms with Crippen LogP contribution in [0.4, 0.5) is 0 Å². The Morgan fingerprint density at radius 2 is 1.76 bits per heavy atom. The summed E-state index contributed by atoms with van der Waals surface area (Å²) in [6.07, 6.45) is 0.114. The Hall–Kier alpha value is -2.50. The third-order valence-corrected chi connectivity index (χ3v) is 5.24. The first kappa shape index (κ1) is 16.0. The second kappa shape index (κ2) is 6.43. The van der Waals surface area contributed by atoms with Gasteiger partial charge in [0, 0.05) is 16.5 Å². The number of aromatic nitrogens is 1. The van der Waals surface area contributed by atoms with E-state index in [1.54, 1.807) is 12.1 Å². The molecule has 0 saturated carbocycles. The van der Waals surface area contributed by atoms with Gasteiger partial charge in [-0.05, 0) is 17.7 Å². The summed E-state index contributed by atoms with van der Waals surface area (Å²) in [6, 6.07) is 16.5. The number of rotatable bonds is 2. The van der Waals surface area contributed by atoms with E-state index in [2.05, 4.69) is 4.98 Å². The predicted molar refractivity (Wildman–Crippen MR) is 97.4 cm³/mol. The molecule has 4 rings (SSSR count). The van der Waals surface area contributed by atoms with Gasteiger partial charge in [0.2, 0.25) is 10.6 Å². The van der Waals surface area contributed by atoms with E-state index >= 15 is 0 Å². The van der Waals surface area contributed by atoms with E-state index in [1.165, 1.54) is 0 Å². The minimum atomic E-state index is -0.394. The maximum atomic E-state index is 12.8. The standard InChI is InChI=1S/C19H12ClNO3S/c20-13-8-6-11(7-9-13)14-10-15(22)24-17-16(14)19(23)25-18(21-17)12-4-2-1-3-5-12/h1-9,14H,10H2. The summed E-state index contributed by atoms with van der Waals surface area (Å²) in [7, 11) is 0. The lowest BCUT2D eigenvalue weighted by Gasteiger charge is -2.23. The minimum absolute atomic E-state index is 0.110. The molecule has 1 aliphatic heterocycles. The van der Waals surface area contributed by atoms with Crippen molar-refractivity contribution in [2.24, 2.45) is 0 Å². The summed E-state index contributed by atoms with van der Waals surface area (Å²) < 4.78 is 5.14. The molecule has 25 heavy (non-hydrogen) atoms. The Bertz CT molecular complexity index is 999. The van der Waals surface area contributed by atoms with Gasteiger partial charge in [0.25, 0.3) is 0 Å². The molecule has 0 spiro atoms. The molecule has 6 heteroatoms. The monoisotopic (exact) mass is 369 g/mol. The van der Waals surface area contributed by atoms with Gasteiger partial charge in [-0.1, -0.05) is 65.4 Å². The van der Waals surface area contributed by atoms with Gasteiger partial charge in [0.15, 0.2) is 0 Å². The third-order valence-electron chi connectivity index (χ3n) is 4.07. The Kier molecular flexibility index (Phi) is 4.11. The van der Waals surface area contributed by atoms with Gasteiger partial charge >= 0.3 is 5.97 Å². The summed E-state index contributed by atoms with van der Waals surface area (Å²) in [4.78, 5) is 29.3. The van der Waals surface area contributed by atoms with E-state index in [0.29, 0.717) is 15.6 Å². The minimum Gasteiger partial charge on any atom is -0.407 e. The van der Waals surface area contributed by atoms with Crippen LogP contribution in [0, 0.1) is 0 Å². The molecule has 0 amide bonds. The molecule has 0 bridgehead atoms. The van der Waals surface area contributed by atoms with Gasteiger partial charge in [0.05, 0.1) is 12.0 Å². The number of nitrogens with zero attached hydrogens (tertiary/aromatic N) is 1. The number of ether oxygens (including phenoxy) is 1. The summed E-state index contributed by atoms with van der Waals surface area (Å²) in [5.41, 5.74) is 2.10. The highest BCUT2D eigenvalue weighted by molar-refractivity contribution is 7.12. The van der Waals surface area contributed by atoms with Crippen molar-refractivity contribution in [1.82, 2.24) is 4.98 Å². The number of esters is 1. The lowest BCUT2D eigenvalue weighted by molar-refractivity contribution is -0.135. The summed E-state index contributed by atoms with van der Waals surface area (Å²) in [5, 5.41) is 1.14. The largest absolute Gasteiger partial charge is 0.407 e. The lowest BCUT2D eigenvalue weighted by atomic mass is 9.89. The van der Waals surface area contributed by atoms with Crippen LogP contribution in [0.15, 0.2) is 59.4 Å². The van der Waals surface area contributed by atoms with Gasteiger partial charge in [-0.2, -0.15) is 0 Å². The van der Waals surface area contributed by atoms with E-state index in [0.717, 1.165) is 22.5 Å². The number of carbonyl (C=O) groups excluding carboxylic acids is 1. The van der Waals surface area contributed by atoms with Crippen LogP contribution < -0.4 is 9.48 Å². The van der Waals surface area contributed by atoms with Gasteiger partial charge < -0.3 is 4.74 Å². The molecule has 2 heterocycles. The molecular formula is C19H12ClNO3S. The zero-order valence-electron chi connectivity index (χ0n) is 12.9. The molecule has 4 nitrogen and oxygen atoms in total. The number of benzene rings is 2. The average molecular weight is 370 g/mol. The SMILES string of the molecule is O=C1CC(c2ccc(Cl)cc2)c2c(nc(-c3ccccc3)sc2=O)O1. The van der Waals surface area contributed by atoms with Crippen LogP contribution in [0.3, 0.4) is 0 Å². The molecule has 0 aliphatic carbocycles. The molecule has 1 aliphatic rings. The molecule has 1 aromatic heterocycles. The van der Waals surface area contributed by atoms with Gasteiger partial charge in [0.1, 0.15) is 5.01 Å². The molecular weight excluding hydrogens is 358 g/mol. The second-order valence-electron chi connectivity index (χ2n) is 5.67. The molecule has 1 unspecified atom stereocenters. The fraction of sp³-hybridized carbons (Fsp3) is 0.105. The highest BCUT2D eigenvalue weighted by Crippen LogP contribution is 2.37. The predicted octanol–water partition coefficient (Wildman–Crippen LogP) is 4.26. The molecule has 2 aromatic carbocycles. The third kappa shape index (κ3) is 3.08. The maximum Gasteiger partial charge on any atom is 0.313 e. The molecule has 1 atom stereocenters. The topological polar surface area (TPSA) is 56.3 Å². The van der Waals surface area contributed by atoms with E-state index in [-0.39, 0.29) is 23.0 Å². The van der Waals surface area contributed by atoms with Crippen molar-refractivity contribution < 1.29 is 9.53 Å². The van der Waals surface area contributed by atoms with Crippen molar-refractivity contribution in [1.29, 1.82) is 0 Å². The van der Waals surface area contributed by atoms with Crippen LogP contribution in [0.5, 0.6) is 5.88 Å². The molecule has 0 saturated heterocycles. The van der Waals surface area contributed by atoms with Gasteiger partial charge in [-0.15, -0.1) is 0 Å². The lowest BCUT2D eigenvalue weighted by Crippen LogP contribution is -2.26. The van der Waals surface area contributed by atoms with E-state index < -0.39 is 5.97 Å². The quantitative estimate of drug-likeness (QED) is 0.633. The number of halogens is 1. The number of carbonyl (C=O) groups is 1. The smallest absolute Gasteiger partial charge is 0.313 e. The zero-order chi connectivity index (χ0) is 17.4. The van der Waals surface area contributed by atoms with Crippen molar-refractivity contribution in [2.75, 3.05) is 0 Å². The number of hydrogen-bond acceptors (Lipinski definition) is 5. The summed E-state index contributed by atoms with van der Waals surface area (Å²) >= 11 is 7.00. The van der Waals surface area contributed by atoms with E-state index in [1.807, 2.05) is 42.5 Å². The van der Waals surface area contributed by atoms with Crippen LogP contribution in [0.1, 0.15) is 23.5 Å². The summed E-state index contributed by atoms with van der Waals surface area (Å²) in [6.45, 7) is 0. The molecule has 0 fully saturated rings. The van der Waals surface area contributed by atoms with Crippen molar-refractivity contribution in [2.45, 2.75) is 12.3 Å². The molecule has 0 radical (unpaired) electrons. The van der Waals surface area contributed by atoms with Crippen molar-refractivity contribution in [3.8, 4) is 16.5 Å². The Labute approximate surface area is 152 Å². The Balaban J connectivity index is 1.85. The van der Waals surface area contributed by atoms with Crippen LogP contribution in [0.25, 0.3) is 10.6 Å². The molecule has 124 valence electrons. The van der Waals surface area contributed by atoms with Crippen LogP contribution in [-0.2, 0) is 4.79 Å².